The molecule has 8 heteroatoms. The zero-order valence-electron chi connectivity index (χ0n) is 15.0. The second-order valence-corrected chi connectivity index (χ2v) is 6.25. The van der Waals surface area contributed by atoms with Gasteiger partial charge in [0.05, 0.1) is 35.3 Å². The van der Waals surface area contributed by atoms with Crippen molar-refractivity contribution in [2.24, 2.45) is 0 Å². The van der Waals surface area contributed by atoms with E-state index in [0.29, 0.717) is 38.8 Å². The lowest BCUT2D eigenvalue weighted by Gasteiger charge is -2.08. The van der Waals surface area contributed by atoms with Crippen molar-refractivity contribution in [1.29, 1.82) is 0 Å². The smallest absolute Gasteiger partial charge is 0.253 e. The predicted molar refractivity (Wildman–Crippen MR) is 102 cm³/mol. The first-order chi connectivity index (χ1) is 13.6. The highest BCUT2D eigenvalue weighted by atomic mass is 19.1. The molecule has 2 aromatic carbocycles. The van der Waals surface area contributed by atoms with Gasteiger partial charge >= 0.3 is 0 Å². The van der Waals surface area contributed by atoms with Crippen molar-refractivity contribution in [3.63, 3.8) is 0 Å². The largest absolute Gasteiger partial charge is 0.395 e. The Balaban J connectivity index is 2.11. The SMILES string of the molecule is Cc1cnc2c(cc(C(=O)NCCO)c3nncc32)c(-c2ccccc2F)n1. The lowest BCUT2D eigenvalue weighted by molar-refractivity contribution is 0.0946. The van der Waals surface area contributed by atoms with E-state index in [9.17, 15) is 9.18 Å². The molecule has 4 rings (SSSR count). The number of aliphatic hydroxyl groups excluding tert-OH is 1. The number of aromatic nitrogens is 4. The van der Waals surface area contributed by atoms with Gasteiger partial charge in [0.2, 0.25) is 0 Å². The monoisotopic (exact) mass is 377 g/mol. The number of nitrogens with one attached hydrogen (secondary N) is 1. The minimum Gasteiger partial charge on any atom is -0.395 e. The fourth-order valence-corrected chi connectivity index (χ4v) is 3.10. The van der Waals surface area contributed by atoms with Crippen LogP contribution in [-0.2, 0) is 0 Å². The quantitative estimate of drug-likeness (QED) is 0.566. The van der Waals surface area contributed by atoms with E-state index in [1.807, 2.05) is 0 Å². The Bertz CT molecular complexity index is 1210. The third kappa shape index (κ3) is 3.03. The maximum atomic E-state index is 14.5. The average molecular weight is 377 g/mol. The fraction of sp³-hybridized carbons (Fsp3) is 0.150. The van der Waals surface area contributed by atoms with Crippen LogP contribution in [0.15, 0.2) is 42.7 Å². The van der Waals surface area contributed by atoms with E-state index >= 15 is 0 Å². The first kappa shape index (κ1) is 17.9. The van der Waals surface area contributed by atoms with Gasteiger partial charge < -0.3 is 10.4 Å². The summed E-state index contributed by atoms with van der Waals surface area (Å²) < 4.78 is 14.5. The molecule has 140 valence electrons. The van der Waals surface area contributed by atoms with Crippen LogP contribution >= 0.6 is 0 Å². The van der Waals surface area contributed by atoms with Crippen LogP contribution in [0.1, 0.15) is 16.1 Å². The lowest BCUT2D eigenvalue weighted by atomic mass is 10.0. The number of fused-ring (bicyclic) bond motifs is 3. The van der Waals surface area contributed by atoms with Crippen LogP contribution in [0.5, 0.6) is 0 Å². The summed E-state index contributed by atoms with van der Waals surface area (Å²) in [6, 6.07) is 7.92. The van der Waals surface area contributed by atoms with E-state index in [2.05, 4.69) is 25.5 Å². The number of hydrogen-bond acceptors (Lipinski definition) is 6. The van der Waals surface area contributed by atoms with Crippen molar-refractivity contribution in [3.05, 3.63) is 59.8 Å². The molecule has 0 spiro atoms. The minimum atomic E-state index is -0.424. The molecule has 0 saturated carbocycles. The van der Waals surface area contributed by atoms with Gasteiger partial charge in [0, 0.05) is 29.1 Å². The zero-order chi connectivity index (χ0) is 19.7. The predicted octanol–water partition coefficient (Wildman–Crippen LogP) is 2.41. The molecule has 0 aliphatic rings. The van der Waals surface area contributed by atoms with Gasteiger partial charge in [-0.3, -0.25) is 14.8 Å². The molecule has 0 fully saturated rings. The summed E-state index contributed by atoms with van der Waals surface area (Å²) in [5.74, 6) is -0.837. The van der Waals surface area contributed by atoms with Gasteiger partial charge in [-0.15, -0.1) is 5.10 Å². The summed E-state index contributed by atoms with van der Waals surface area (Å²) in [4.78, 5) is 21.6. The topological polar surface area (TPSA) is 101 Å². The highest BCUT2D eigenvalue weighted by Gasteiger charge is 2.19. The highest BCUT2D eigenvalue weighted by Crippen LogP contribution is 2.32. The van der Waals surface area contributed by atoms with E-state index < -0.39 is 11.7 Å². The van der Waals surface area contributed by atoms with E-state index in [0.717, 1.165) is 0 Å². The van der Waals surface area contributed by atoms with Gasteiger partial charge in [0.15, 0.2) is 0 Å². The molecular formula is C20H16FN5O2. The van der Waals surface area contributed by atoms with Gasteiger partial charge in [0.25, 0.3) is 5.91 Å². The highest BCUT2D eigenvalue weighted by molar-refractivity contribution is 6.16. The standard InChI is InChI=1S/C20H16FN5O2/c1-11-9-23-17-13(18(25-11)12-4-2-3-5-16(12)21)8-14(20(28)22-6-7-27)19-15(17)10-24-26-19/h2-5,8-10,27H,6-7H2,1H3,(H,22,28). The van der Waals surface area contributed by atoms with Crippen molar-refractivity contribution >= 4 is 27.7 Å². The van der Waals surface area contributed by atoms with Crippen LogP contribution in [-0.4, -0.2) is 44.3 Å². The lowest BCUT2D eigenvalue weighted by Crippen LogP contribution is -2.26. The van der Waals surface area contributed by atoms with Crippen LogP contribution in [0.25, 0.3) is 33.1 Å². The number of halogens is 1. The molecule has 0 atom stereocenters. The summed E-state index contributed by atoms with van der Waals surface area (Å²) in [7, 11) is 0. The molecule has 28 heavy (non-hydrogen) atoms. The van der Waals surface area contributed by atoms with Gasteiger partial charge in [-0.2, -0.15) is 5.10 Å². The number of benzene rings is 2. The third-order valence-corrected chi connectivity index (χ3v) is 4.35. The summed E-state index contributed by atoms with van der Waals surface area (Å²) in [6.07, 6.45) is 3.11. The Kier molecular flexibility index (Phi) is 4.62. The molecule has 1 amide bonds. The maximum absolute atomic E-state index is 14.5. The van der Waals surface area contributed by atoms with Crippen molar-refractivity contribution in [2.75, 3.05) is 13.2 Å². The molecule has 0 saturated heterocycles. The van der Waals surface area contributed by atoms with E-state index in [1.54, 1.807) is 37.4 Å². The van der Waals surface area contributed by atoms with E-state index in [-0.39, 0.29) is 18.7 Å². The first-order valence-corrected chi connectivity index (χ1v) is 8.66. The molecule has 0 unspecified atom stereocenters. The fourth-order valence-electron chi connectivity index (χ4n) is 3.10. The molecule has 0 bridgehead atoms. The molecule has 2 heterocycles. The minimum absolute atomic E-state index is 0.102. The van der Waals surface area contributed by atoms with Crippen molar-refractivity contribution in [2.45, 2.75) is 6.92 Å². The summed E-state index contributed by atoms with van der Waals surface area (Å²) >= 11 is 0. The molecular weight excluding hydrogens is 361 g/mol. The first-order valence-electron chi connectivity index (χ1n) is 8.66. The van der Waals surface area contributed by atoms with E-state index in [4.69, 9.17) is 5.11 Å². The van der Waals surface area contributed by atoms with E-state index in [1.165, 1.54) is 12.3 Å². The zero-order valence-corrected chi connectivity index (χ0v) is 15.0. The number of nitrogens with zero attached hydrogens (tertiary/aromatic N) is 4. The number of carbonyl (C=O) groups excluding carboxylic acids is 1. The number of rotatable bonds is 4. The van der Waals surface area contributed by atoms with Gasteiger partial charge in [0.1, 0.15) is 11.3 Å². The second kappa shape index (κ2) is 7.24. The van der Waals surface area contributed by atoms with Crippen LogP contribution in [0.3, 0.4) is 0 Å². The molecule has 2 aromatic heterocycles. The van der Waals surface area contributed by atoms with Crippen LogP contribution in [0.4, 0.5) is 4.39 Å². The molecule has 4 aromatic rings. The summed E-state index contributed by atoms with van der Waals surface area (Å²) in [5, 5.41) is 20.7. The van der Waals surface area contributed by atoms with Gasteiger partial charge in [-0.25, -0.2) is 4.39 Å². The number of aliphatic hydroxyl groups is 1. The van der Waals surface area contributed by atoms with Crippen molar-refractivity contribution in [1.82, 2.24) is 25.5 Å². The number of amides is 1. The average Bonchev–Trinajstić information content (AvgIpc) is 3.12. The van der Waals surface area contributed by atoms with Crippen LogP contribution < -0.4 is 5.32 Å². The van der Waals surface area contributed by atoms with Gasteiger partial charge in [-0.1, -0.05) is 12.1 Å². The van der Waals surface area contributed by atoms with Crippen LogP contribution in [0.2, 0.25) is 0 Å². The molecule has 0 radical (unpaired) electrons. The van der Waals surface area contributed by atoms with Gasteiger partial charge in [-0.05, 0) is 25.1 Å². The number of hydrogen-bond donors (Lipinski definition) is 2. The normalized spacial score (nSPS) is 11.1. The number of carbonyl (C=O) groups is 1. The molecule has 0 aliphatic carbocycles. The molecule has 7 nitrogen and oxygen atoms in total. The second-order valence-electron chi connectivity index (χ2n) is 6.25. The van der Waals surface area contributed by atoms with Crippen molar-refractivity contribution < 1.29 is 14.3 Å². The van der Waals surface area contributed by atoms with Crippen molar-refractivity contribution in [3.8, 4) is 11.3 Å². The third-order valence-electron chi connectivity index (χ3n) is 4.35. The molecule has 2 N–H and O–H groups in total. The Hall–Kier alpha value is -3.52. The molecule has 0 aliphatic heterocycles. The Labute approximate surface area is 159 Å². The Morgan fingerprint density at radius 1 is 1.18 bits per heavy atom. The Morgan fingerprint density at radius 3 is 2.79 bits per heavy atom. The maximum Gasteiger partial charge on any atom is 0.253 e. The summed E-state index contributed by atoms with van der Waals surface area (Å²) in [6.45, 7) is 1.68. The summed E-state index contributed by atoms with van der Waals surface area (Å²) in [5.41, 5.74) is 2.46. The van der Waals surface area contributed by atoms with Crippen LogP contribution in [0, 0.1) is 12.7 Å². The Morgan fingerprint density at radius 2 is 2.00 bits per heavy atom. The number of aryl methyl sites for hydroxylation is 1.